The highest BCUT2D eigenvalue weighted by atomic mass is 35.5. The van der Waals surface area contributed by atoms with E-state index < -0.39 is 0 Å². The highest BCUT2D eigenvalue weighted by Crippen LogP contribution is 2.19. The zero-order chi connectivity index (χ0) is 9.26. The lowest BCUT2D eigenvalue weighted by Crippen LogP contribution is -1.81. The number of nitrogens with one attached hydrogen (secondary N) is 1. The van der Waals surface area contributed by atoms with Crippen molar-refractivity contribution in [1.29, 1.82) is 0 Å². The molecule has 1 N–H and O–H groups in total. The maximum absolute atomic E-state index is 4.26. The maximum Gasteiger partial charge on any atom is 0.0929 e. The van der Waals surface area contributed by atoms with Crippen LogP contribution >= 0.6 is 12.4 Å². The Hall–Kier alpha value is -1.28. The Morgan fingerprint density at radius 2 is 1.71 bits per heavy atom. The molecule has 3 heteroatoms. The van der Waals surface area contributed by atoms with Crippen LogP contribution in [0.2, 0.25) is 0 Å². The third-order valence-electron chi connectivity index (χ3n) is 2.15. The Morgan fingerprint density at radius 3 is 2.21 bits per heavy atom. The van der Waals surface area contributed by atoms with Crippen LogP contribution in [0.4, 0.5) is 0 Å². The van der Waals surface area contributed by atoms with E-state index in [1.54, 1.807) is 6.33 Å². The first-order valence-electron chi connectivity index (χ1n) is 4.34. The van der Waals surface area contributed by atoms with E-state index in [-0.39, 0.29) is 12.4 Å². The minimum absolute atomic E-state index is 0. The van der Waals surface area contributed by atoms with Gasteiger partial charge in [0.2, 0.25) is 0 Å². The molecule has 0 saturated heterocycles. The Bertz CT molecular complexity index is 403. The van der Waals surface area contributed by atoms with Crippen molar-refractivity contribution in [2.24, 2.45) is 0 Å². The molecule has 1 heterocycles. The van der Waals surface area contributed by atoms with Gasteiger partial charge in [-0.05, 0) is 13.8 Å². The number of imidazole rings is 1. The second-order valence-electron chi connectivity index (χ2n) is 3.24. The number of hydrogen-bond donors (Lipinski definition) is 1. The predicted molar refractivity (Wildman–Crippen MR) is 60.7 cm³/mol. The van der Waals surface area contributed by atoms with Crippen molar-refractivity contribution in [2.75, 3.05) is 0 Å². The summed E-state index contributed by atoms with van der Waals surface area (Å²) >= 11 is 0. The second kappa shape index (κ2) is 4.29. The average molecular weight is 209 g/mol. The molecule has 0 unspecified atom stereocenters. The van der Waals surface area contributed by atoms with Gasteiger partial charge in [0.25, 0.3) is 0 Å². The first-order chi connectivity index (χ1) is 6.27. The Kier molecular flexibility index (Phi) is 3.31. The molecule has 0 radical (unpaired) electrons. The van der Waals surface area contributed by atoms with Crippen LogP contribution in [0.3, 0.4) is 0 Å². The monoisotopic (exact) mass is 208 g/mol. The molecule has 0 bridgehead atoms. The van der Waals surface area contributed by atoms with E-state index in [0.29, 0.717) is 0 Å². The van der Waals surface area contributed by atoms with Crippen molar-refractivity contribution < 1.29 is 0 Å². The van der Waals surface area contributed by atoms with Gasteiger partial charge in [-0.15, -0.1) is 12.4 Å². The van der Waals surface area contributed by atoms with Crippen molar-refractivity contribution in [3.63, 3.8) is 0 Å². The average Bonchev–Trinajstić information content (AvgIpc) is 2.53. The van der Waals surface area contributed by atoms with Crippen LogP contribution in [0, 0.1) is 13.8 Å². The number of aromatic nitrogens is 2. The van der Waals surface area contributed by atoms with Gasteiger partial charge < -0.3 is 4.98 Å². The van der Waals surface area contributed by atoms with Crippen molar-refractivity contribution >= 4 is 12.4 Å². The molecule has 14 heavy (non-hydrogen) atoms. The van der Waals surface area contributed by atoms with Gasteiger partial charge in [-0.25, -0.2) is 4.98 Å². The summed E-state index contributed by atoms with van der Waals surface area (Å²) in [7, 11) is 0. The van der Waals surface area contributed by atoms with E-state index in [1.165, 1.54) is 11.1 Å². The van der Waals surface area contributed by atoms with Crippen LogP contribution in [0.1, 0.15) is 11.3 Å². The number of hydrogen-bond acceptors (Lipinski definition) is 1. The summed E-state index contributed by atoms with van der Waals surface area (Å²) in [5.41, 5.74) is 4.60. The normalized spacial score (nSPS) is 9.57. The third kappa shape index (κ3) is 1.96. The van der Waals surface area contributed by atoms with E-state index in [1.807, 2.05) is 6.92 Å². The van der Waals surface area contributed by atoms with Crippen molar-refractivity contribution in [3.8, 4) is 11.3 Å². The largest absolute Gasteiger partial charge is 0.348 e. The van der Waals surface area contributed by atoms with Crippen LogP contribution in [0.5, 0.6) is 0 Å². The maximum atomic E-state index is 4.26. The smallest absolute Gasteiger partial charge is 0.0929 e. The lowest BCUT2D eigenvalue weighted by molar-refractivity contribution is 1.25. The summed E-state index contributed by atoms with van der Waals surface area (Å²) in [6.45, 7) is 4.11. The van der Waals surface area contributed by atoms with E-state index in [0.717, 1.165) is 11.4 Å². The molecule has 0 fully saturated rings. The molecule has 2 rings (SSSR count). The molecule has 1 aromatic heterocycles. The van der Waals surface area contributed by atoms with Gasteiger partial charge in [-0.2, -0.15) is 0 Å². The van der Waals surface area contributed by atoms with Gasteiger partial charge in [0, 0.05) is 11.3 Å². The van der Waals surface area contributed by atoms with Crippen LogP contribution < -0.4 is 0 Å². The summed E-state index contributed by atoms with van der Waals surface area (Å²) in [5.74, 6) is 0. The fourth-order valence-corrected chi connectivity index (χ4v) is 1.36. The molecule has 74 valence electrons. The van der Waals surface area contributed by atoms with Crippen LogP contribution in [0.25, 0.3) is 11.3 Å². The molecule has 0 aliphatic rings. The van der Waals surface area contributed by atoms with Gasteiger partial charge in [-0.1, -0.05) is 29.8 Å². The number of rotatable bonds is 1. The van der Waals surface area contributed by atoms with Gasteiger partial charge >= 0.3 is 0 Å². The highest BCUT2D eigenvalue weighted by Gasteiger charge is 2.02. The molecule has 0 atom stereocenters. The molecular weight excluding hydrogens is 196 g/mol. The molecule has 0 aliphatic carbocycles. The zero-order valence-corrected chi connectivity index (χ0v) is 9.06. The molecule has 2 aromatic rings. The van der Waals surface area contributed by atoms with E-state index in [2.05, 4.69) is 41.2 Å². The molecule has 0 saturated carbocycles. The minimum Gasteiger partial charge on any atom is -0.348 e. The van der Waals surface area contributed by atoms with E-state index in [4.69, 9.17) is 0 Å². The fraction of sp³-hybridized carbons (Fsp3) is 0.182. The third-order valence-corrected chi connectivity index (χ3v) is 2.15. The van der Waals surface area contributed by atoms with Gasteiger partial charge in [0.05, 0.1) is 12.0 Å². The molecular formula is C11H13ClN2. The quantitative estimate of drug-likeness (QED) is 0.767. The summed E-state index contributed by atoms with van der Waals surface area (Å²) in [6, 6.07) is 8.39. The van der Waals surface area contributed by atoms with E-state index >= 15 is 0 Å². The Balaban J connectivity index is 0.000000980. The molecule has 1 aromatic carbocycles. The minimum atomic E-state index is 0. The lowest BCUT2D eigenvalue weighted by Gasteiger charge is -1.98. The Labute approximate surface area is 89.8 Å². The zero-order valence-electron chi connectivity index (χ0n) is 8.24. The lowest BCUT2D eigenvalue weighted by atomic mass is 10.1. The Morgan fingerprint density at radius 1 is 1.07 bits per heavy atom. The first kappa shape index (κ1) is 10.8. The number of aryl methyl sites for hydroxylation is 2. The number of benzene rings is 1. The summed E-state index contributed by atoms with van der Waals surface area (Å²) in [5, 5.41) is 0. The number of halogens is 1. The second-order valence-corrected chi connectivity index (χ2v) is 3.24. The SMILES string of the molecule is Cc1ccc(-c2nc[nH]c2C)cc1.Cl. The molecule has 0 aliphatic heterocycles. The van der Waals surface area contributed by atoms with E-state index in [9.17, 15) is 0 Å². The summed E-state index contributed by atoms with van der Waals surface area (Å²) in [6.07, 6.45) is 1.73. The van der Waals surface area contributed by atoms with Gasteiger partial charge in [0.15, 0.2) is 0 Å². The number of H-pyrrole nitrogens is 1. The van der Waals surface area contributed by atoms with Gasteiger partial charge in [0.1, 0.15) is 0 Å². The fourth-order valence-electron chi connectivity index (χ4n) is 1.36. The highest BCUT2D eigenvalue weighted by molar-refractivity contribution is 5.85. The summed E-state index contributed by atoms with van der Waals surface area (Å²) in [4.78, 5) is 7.33. The topological polar surface area (TPSA) is 28.7 Å². The van der Waals surface area contributed by atoms with Crippen molar-refractivity contribution in [3.05, 3.63) is 41.9 Å². The van der Waals surface area contributed by atoms with Crippen molar-refractivity contribution in [1.82, 2.24) is 9.97 Å². The van der Waals surface area contributed by atoms with Gasteiger partial charge in [-0.3, -0.25) is 0 Å². The number of nitrogens with zero attached hydrogens (tertiary/aromatic N) is 1. The summed E-state index contributed by atoms with van der Waals surface area (Å²) < 4.78 is 0. The first-order valence-corrected chi connectivity index (χ1v) is 4.34. The molecule has 2 nitrogen and oxygen atoms in total. The van der Waals surface area contributed by atoms with Crippen LogP contribution in [0.15, 0.2) is 30.6 Å². The molecule has 0 amide bonds. The standard InChI is InChI=1S/C11H12N2.ClH/c1-8-3-5-10(6-4-8)11-9(2)12-7-13-11;/h3-7H,1-2H3,(H,12,13);1H. The number of aromatic amines is 1. The molecule has 0 spiro atoms. The van der Waals surface area contributed by atoms with Crippen LogP contribution in [-0.2, 0) is 0 Å². The predicted octanol–water partition coefficient (Wildman–Crippen LogP) is 3.12. The van der Waals surface area contributed by atoms with Crippen LogP contribution in [-0.4, -0.2) is 9.97 Å². The van der Waals surface area contributed by atoms with Crippen molar-refractivity contribution in [2.45, 2.75) is 13.8 Å².